The maximum absolute atomic E-state index is 12.7. The fourth-order valence-corrected chi connectivity index (χ4v) is 3.39. The second-order valence-corrected chi connectivity index (χ2v) is 7.34. The van der Waals surface area contributed by atoms with Crippen LogP contribution in [-0.4, -0.2) is 41.5 Å². The minimum absolute atomic E-state index is 0.275. The molecule has 0 saturated heterocycles. The van der Waals surface area contributed by atoms with Crippen molar-refractivity contribution in [3.05, 3.63) is 77.4 Å². The van der Waals surface area contributed by atoms with Gasteiger partial charge in [0.2, 0.25) is 11.7 Å². The number of amides is 1. The predicted octanol–water partition coefficient (Wildman–Crippen LogP) is 5.55. The number of ether oxygens (including phenoxy) is 5. The van der Waals surface area contributed by atoms with Crippen LogP contribution in [-0.2, 0) is 4.79 Å². The Hall–Kier alpha value is -4.39. The van der Waals surface area contributed by atoms with E-state index in [0.717, 1.165) is 22.4 Å². The molecule has 0 unspecified atom stereocenters. The van der Waals surface area contributed by atoms with Crippen molar-refractivity contribution < 1.29 is 28.5 Å². The van der Waals surface area contributed by atoms with E-state index in [1.165, 1.54) is 6.08 Å². The van der Waals surface area contributed by atoms with Crippen LogP contribution in [0.25, 0.3) is 18.2 Å². The molecule has 0 atom stereocenters. The molecular weight excluding hydrogens is 446 g/mol. The summed E-state index contributed by atoms with van der Waals surface area (Å²) >= 11 is 0. The number of carbonyl (C=O) groups excluding carboxylic acids is 1. The van der Waals surface area contributed by atoms with Crippen molar-refractivity contribution in [3.63, 3.8) is 0 Å². The molecule has 0 heterocycles. The molecule has 3 rings (SSSR count). The molecule has 0 radical (unpaired) electrons. The topological polar surface area (TPSA) is 75.3 Å². The summed E-state index contributed by atoms with van der Waals surface area (Å²) in [5, 5.41) is 2.93. The van der Waals surface area contributed by atoms with Crippen molar-refractivity contribution in [1.82, 2.24) is 0 Å². The van der Waals surface area contributed by atoms with Crippen LogP contribution < -0.4 is 29.0 Å². The second-order valence-electron chi connectivity index (χ2n) is 7.34. The molecule has 35 heavy (non-hydrogen) atoms. The first-order valence-corrected chi connectivity index (χ1v) is 10.8. The quantitative estimate of drug-likeness (QED) is 0.306. The average molecular weight is 476 g/mol. The number of hydrogen-bond acceptors (Lipinski definition) is 6. The second kappa shape index (κ2) is 12.2. The number of hydrogen-bond donors (Lipinski definition) is 1. The van der Waals surface area contributed by atoms with Gasteiger partial charge in [-0.25, -0.2) is 0 Å². The third-order valence-corrected chi connectivity index (χ3v) is 5.18. The molecule has 7 heteroatoms. The van der Waals surface area contributed by atoms with Crippen LogP contribution in [0.1, 0.15) is 16.7 Å². The van der Waals surface area contributed by atoms with E-state index in [2.05, 4.69) is 5.32 Å². The SMILES string of the molecule is COc1cccc(/C=C/C(=O)Nc2cc(OC)ccc2C=Cc2cc(OC)c(OC)c(OC)c2)c1. The lowest BCUT2D eigenvalue weighted by Gasteiger charge is -2.13. The highest BCUT2D eigenvalue weighted by molar-refractivity contribution is 6.03. The standard InChI is InChI=1S/C28H29NO6/c1-31-22-8-6-7-19(15-22)10-14-27(30)29-24-18-23(32-2)13-12-21(24)11-9-20-16-25(33-3)28(35-5)26(17-20)34-4/h6-18H,1-5H3,(H,29,30)/b11-9?,14-10+. The zero-order valence-corrected chi connectivity index (χ0v) is 20.5. The molecule has 3 aromatic rings. The minimum atomic E-state index is -0.275. The molecule has 0 aliphatic rings. The lowest BCUT2D eigenvalue weighted by atomic mass is 10.1. The maximum atomic E-state index is 12.7. The van der Waals surface area contributed by atoms with Gasteiger partial charge in [0, 0.05) is 12.1 Å². The number of anilines is 1. The molecule has 0 aliphatic heterocycles. The minimum Gasteiger partial charge on any atom is -0.497 e. The van der Waals surface area contributed by atoms with Crippen molar-refractivity contribution in [1.29, 1.82) is 0 Å². The molecule has 3 aromatic carbocycles. The fraction of sp³-hybridized carbons (Fsp3) is 0.179. The third kappa shape index (κ3) is 6.57. The molecule has 1 N–H and O–H groups in total. The summed E-state index contributed by atoms with van der Waals surface area (Å²) in [5.41, 5.74) is 3.09. The Morgan fingerprint density at radius 1 is 0.686 bits per heavy atom. The summed E-state index contributed by atoms with van der Waals surface area (Å²) in [6.45, 7) is 0. The zero-order chi connectivity index (χ0) is 25.2. The van der Waals surface area contributed by atoms with Gasteiger partial charge in [-0.3, -0.25) is 4.79 Å². The highest BCUT2D eigenvalue weighted by atomic mass is 16.5. The third-order valence-electron chi connectivity index (χ3n) is 5.18. The first kappa shape index (κ1) is 25.2. The summed E-state index contributed by atoms with van der Waals surface area (Å²) in [6.07, 6.45) is 6.99. The molecule has 0 saturated carbocycles. The van der Waals surface area contributed by atoms with Gasteiger partial charge in [0.05, 0.1) is 41.2 Å². The van der Waals surface area contributed by atoms with Gasteiger partial charge in [-0.15, -0.1) is 0 Å². The van der Waals surface area contributed by atoms with Crippen molar-refractivity contribution in [2.24, 2.45) is 0 Å². The van der Waals surface area contributed by atoms with Crippen LogP contribution in [0.2, 0.25) is 0 Å². The smallest absolute Gasteiger partial charge is 0.248 e. The van der Waals surface area contributed by atoms with E-state index in [-0.39, 0.29) is 5.91 Å². The lowest BCUT2D eigenvalue weighted by molar-refractivity contribution is -0.111. The highest BCUT2D eigenvalue weighted by Crippen LogP contribution is 2.38. The Kier molecular flexibility index (Phi) is 8.78. The fourth-order valence-electron chi connectivity index (χ4n) is 3.39. The first-order valence-electron chi connectivity index (χ1n) is 10.8. The summed E-state index contributed by atoms with van der Waals surface area (Å²) in [5.74, 6) is 2.70. The van der Waals surface area contributed by atoms with Gasteiger partial charge in [0.15, 0.2) is 11.5 Å². The van der Waals surface area contributed by atoms with Crippen LogP contribution in [0.3, 0.4) is 0 Å². The summed E-state index contributed by atoms with van der Waals surface area (Å²) in [4.78, 5) is 12.7. The number of methoxy groups -OCH3 is 5. The molecule has 0 fully saturated rings. The highest BCUT2D eigenvalue weighted by Gasteiger charge is 2.12. The maximum Gasteiger partial charge on any atom is 0.248 e. The Labute approximate surface area is 205 Å². The number of nitrogens with one attached hydrogen (secondary N) is 1. The number of rotatable bonds is 10. The van der Waals surface area contributed by atoms with Gasteiger partial charge in [-0.2, -0.15) is 0 Å². The van der Waals surface area contributed by atoms with Crippen LogP contribution in [0, 0.1) is 0 Å². The van der Waals surface area contributed by atoms with E-state index in [9.17, 15) is 4.79 Å². The molecule has 0 aliphatic carbocycles. The number of carbonyl (C=O) groups is 1. The normalized spacial score (nSPS) is 10.9. The molecule has 0 aromatic heterocycles. The van der Waals surface area contributed by atoms with Crippen molar-refractivity contribution in [2.45, 2.75) is 0 Å². The van der Waals surface area contributed by atoms with Gasteiger partial charge < -0.3 is 29.0 Å². The van der Waals surface area contributed by atoms with Crippen LogP contribution in [0.4, 0.5) is 5.69 Å². The molecule has 0 bridgehead atoms. The van der Waals surface area contributed by atoms with E-state index >= 15 is 0 Å². The number of benzene rings is 3. The van der Waals surface area contributed by atoms with Crippen molar-refractivity contribution in [2.75, 3.05) is 40.9 Å². The van der Waals surface area contributed by atoms with E-state index in [1.807, 2.05) is 60.7 Å². The monoisotopic (exact) mass is 475 g/mol. The molecule has 182 valence electrons. The molecule has 1 amide bonds. The van der Waals surface area contributed by atoms with E-state index in [0.29, 0.717) is 28.7 Å². The molecular formula is C28H29NO6. The molecule has 7 nitrogen and oxygen atoms in total. The van der Waals surface area contributed by atoms with E-state index in [1.54, 1.807) is 47.7 Å². The van der Waals surface area contributed by atoms with Crippen LogP contribution >= 0.6 is 0 Å². The van der Waals surface area contributed by atoms with Crippen molar-refractivity contribution in [3.8, 4) is 28.7 Å². The summed E-state index contributed by atoms with van der Waals surface area (Å²) in [6, 6.07) is 16.6. The van der Waals surface area contributed by atoms with Gasteiger partial charge in [-0.1, -0.05) is 24.3 Å². The van der Waals surface area contributed by atoms with Gasteiger partial charge >= 0.3 is 0 Å². The average Bonchev–Trinajstić information content (AvgIpc) is 2.90. The Balaban J connectivity index is 1.86. The summed E-state index contributed by atoms with van der Waals surface area (Å²) < 4.78 is 26.8. The van der Waals surface area contributed by atoms with Crippen molar-refractivity contribution >= 4 is 29.8 Å². The summed E-state index contributed by atoms with van der Waals surface area (Å²) in [7, 11) is 7.88. The van der Waals surface area contributed by atoms with E-state index in [4.69, 9.17) is 23.7 Å². The molecule has 0 spiro atoms. The Morgan fingerprint density at radius 2 is 1.37 bits per heavy atom. The van der Waals surface area contributed by atoms with E-state index < -0.39 is 0 Å². The largest absolute Gasteiger partial charge is 0.497 e. The van der Waals surface area contributed by atoms with Gasteiger partial charge in [0.25, 0.3) is 0 Å². The Bertz CT molecular complexity index is 1210. The van der Waals surface area contributed by atoms with Gasteiger partial charge in [-0.05, 0) is 59.2 Å². The predicted molar refractivity (Wildman–Crippen MR) is 139 cm³/mol. The van der Waals surface area contributed by atoms with Gasteiger partial charge in [0.1, 0.15) is 11.5 Å². The Morgan fingerprint density at radius 3 is 2.00 bits per heavy atom. The zero-order valence-electron chi connectivity index (χ0n) is 20.5. The lowest BCUT2D eigenvalue weighted by Crippen LogP contribution is -2.09. The van der Waals surface area contributed by atoms with Crippen LogP contribution in [0.5, 0.6) is 28.7 Å². The van der Waals surface area contributed by atoms with Crippen LogP contribution in [0.15, 0.2) is 60.7 Å². The first-order chi connectivity index (χ1) is 17.0.